The molecule has 2 amide bonds. The molecular formula is C57H64N4O11. The number of nitrogens with one attached hydrogen (secondary N) is 1. The highest BCUT2D eigenvalue weighted by molar-refractivity contribution is 6.03. The smallest absolute Gasteiger partial charge is 0.416 e. The van der Waals surface area contributed by atoms with Gasteiger partial charge in [0.15, 0.2) is 0 Å². The van der Waals surface area contributed by atoms with Crippen molar-refractivity contribution in [1.82, 2.24) is 10.2 Å². The Kier molecular flexibility index (Phi) is 16.4. The number of benzene rings is 5. The number of rotatable bonds is 20. The van der Waals surface area contributed by atoms with Gasteiger partial charge in [0.2, 0.25) is 5.79 Å². The van der Waals surface area contributed by atoms with Gasteiger partial charge >= 0.3 is 12.2 Å². The van der Waals surface area contributed by atoms with Crippen LogP contribution in [0.1, 0.15) is 88.3 Å². The number of ether oxygens (including phenoxy) is 4. The number of non-ortho nitro benzene ring substituents is 1. The number of aliphatic hydroxyl groups excluding tert-OH is 2. The maximum absolute atomic E-state index is 15.4. The molecule has 0 bridgehead atoms. The van der Waals surface area contributed by atoms with E-state index >= 15 is 4.79 Å². The molecule has 1 fully saturated rings. The molecule has 3 N–H and O–H groups in total. The highest BCUT2D eigenvalue weighted by Gasteiger charge is 2.66. The van der Waals surface area contributed by atoms with Crippen LogP contribution in [0.25, 0.3) is 10.8 Å². The Labute approximate surface area is 420 Å². The molecule has 0 radical (unpaired) electrons. The summed E-state index contributed by atoms with van der Waals surface area (Å²) < 4.78 is 26.8. The minimum atomic E-state index is -1.65. The lowest BCUT2D eigenvalue weighted by molar-refractivity contribution is -0.384. The first-order valence-electron chi connectivity index (χ1n) is 24.8. The van der Waals surface area contributed by atoms with Crippen molar-refractivity contribution in [3.8, 4) is 17.2 Å². The first-order chi connectivity index (χ1) is 34.8. The van der Waals surface area contributed by atoms with E-state index in [1.165, 1.54) is 24.3 Å². The summed E-state index contributed by atoms with van der Waals surface area (Å²) in [5.41, 5.74) is 3.02. The first kappa shape index (κ1) is 51.3. The summed E-state index contributed by atoms with van der Waals surface area (Å²) in [5.74, 6) is -2.06. The topological polar surface area (TPSA) is 192 Å². The van der Waals surface area contributed by atoms with Crippen LogP contribution < -0.4 is 19.5 Å². The van der Waals surface area contributed by atoms with Gasteiger partial charge in [0, 0.05) is 49.8 Å². The number of carbonyl (C=O) groups is 2. The maximum Gasteiger partial charge on any atom is 0.416 e. The average molecular weight is 981 g/mol. The molecule has 0 aromatic heterocycles. The lowest BCUT2D eigenvalue weighted by Gasteiger charge is -2.60. The molecule has 72 heavy (non-hydrogen) atoms. The van der Waals surface area contributed by atoms with Crippen molar-refractivity contribution in [3.05, 3.63) is 166 Å². The van der Waals surface area contributed by atoms with E-state index in [2.05, 4.69) is 18.0 Å². The van der Waals surface area contributed by atoms with Crippen molar-refractivity contribution in [3.63, 3.8) is 0 Å². The summed E-state index contributed by atoms with van der Waals surface area (Å²) in [6.07, 6.45) is 6.62. The molecule has 3 aliphatic rings. The van der Waals surface area contributed by atoms with Gasteiger partial charge < -0.3 is 39.3 Å². The summed E-state index contributed by atoms with van der Waals surface area (Å²) in [5, 5.41) is 41.4. The van der Waals surface area contributed by atoms with Crippen molar-refractivity contribution in [1.29, 1.82) is 0 Å². The van der Waals surface area contributed by atoms with E-state index < -0.39 is 46.4 Å². The number of unbranched alkanes of at least 4 members (excludes halogenated alkanes) is 2. The van der Waals surface area contributed by atoms with E-state index in [0.717, 1.165) is 45.9 Å². The monoisotopic (exact) mass is 980 g/mol. The van der Waals surface area contributed by atoms with Gasteiger partial charge in [0.1, 0.15) is 28.9 Å². The Balaban J connectivity index is 1.33. The SMILES string of the molecule is C=CCOC12Oc3ccc(OC(=O)NCc4ccccc4)cc3C3C(CCCCO)C(CCCCO)C=C(C(=NOC(C)(C)C)CC1N(Cc1cccc4ccccc14)C(=O)Oc1ccc([N+](=O)[O-])cc1)C32. The van der Waals surface area contributed by atoms with Gasteiger partial charge in [-0.1, -0.05) is 103 Å². The number of carbonyl (C=O) groups excluding carboxylic acids is 2. The van der Waals surface area contributed by atoms with Crippen LogP contribution in [0, 0.1) is 27.9 Å². The largest absolute Gasteiger partial charge is 0.459 e. The molecule has 0 spiro atoms. The van der Waals surface area contributed by atoms with Gasteiger partial charge in [-0.05, 0) is 116 Å². The third-order valence-electron chi connectivity index (χ3n) is 13.6. The van der Waals surface area contributed by atoms with Crippen LogP contribution in [0.3, 0.4) is 0 Å². The van der Waals surface area contributed by atoms with Crippen LogP contribution >= 0.6 is 0 Å². The third kappa shape index (κ3) is 11.7. The van der Waals surface area contributed by atoms with Gasteiger partial charge in [-0.25, -0.2) is 9.59 Å². The number of nitro groups is 1. The zero-order valence-corrected chi connectivity index (χ0v) is 41.1. The number of oxime groups is 1. The van der Waals surface area contributed by atoms with Crippen molar-refractivity contribution in [2.45, 2.75) is 102 Å². The summed E-state index contributed by atoms with van der Waals surface area (Å²) in [7, 11) is 0. The van der Waals surface area contributed by atoms with Gasteiger partial charge in [-0.3, -0.25) is 15.0 Å². The number of hydrogen-bond acceptors (Lipinski definition) is 12. The predicted molar refractivity (Wildman–Crippen MR) is 274 cm³/mol. The van der Waals surface area contributed by atoms with Crippen LogP contribution in [-0.4, -0.2) is 75.2 Å². The minimum absolute atomic E-state index is 0.0161. The van der Waals surface area contributed by atoms with Crippen LogP contribution in [0.2, 0.25) is 0 Å². The fraction of sp³-hybridized carbons (Fsp3) is 0.386. The fourth-order valence-corrected chi connectivity index (χ4v) is 10.5. The third-order valence-corrected chi connectivity index (χ3v) is 13.6. The Bertz CT molecular complexity index is 2770. The Morgan fingerprint density at radius 3 is 2.33 bits per heavy atom. The number of fused-ring (bicyclic) bond motifs is 3. The van der Waals surface area contributed by atoms with Crippen molar-refractivity contribution >= 4 is 34.4 Å². The molecule has 6 atom stereocenters. The van der Waals surface area contributed by atoms with E-state index in [4.69, 9.17) is 28.9 Å². The molecule has 5 aromatic carbocycles. The van der Waals surface area contributed by atoms with Crippen molar-refractivity contribution in [2.75, 3.05) is 19.8 Å². The lowest BCUT2D eigenvalue weighted by Crippen LogP contribution is -2.70. The average Bonchev–Trinajstić information content (AvgIpc) is 3.37. The maximum atomic E-state index is 15.4. The van der Waals surface area contributed by atoms with Crippen LogP contribution in [-0.2, 0) is 22.7 Å². The molecule has 1 aliphatic heterocycles. The predicted octanol–water partition coefficient (Wildman–Crippen LogP) is 11.2. The van der Waals surface area contributed by atoms with Crippen LogP contribution in [0.5, 0.6) is 17.2 Å². The normalized spacial score (nSPS) is 21.6. The highest BCUT2D eigenvalue weighted by Crippen LogP contribution is 2.62. The van der Waals surface area contributed by atoms with E-state index in [1.54, 1.807) is 23.1 Å². The van der Waals surface area contributed by atoms with Crippen molar-refractivity contribution < 1.29 is 48.5 Å². The second kappa shape index (κ2) is 23.0. The first-order valence-corrected chi connectivity index (χ1v) is 24.8. The standard InChI is InChI=1S/C57H64N4O11/c1-5-32-68-57-51(60(37-41-21-15-20-39-18-9-10-22-45(39)41)55(65)70-43-26-24-42(25-27-43)61(66)67)35-49(59-72-56(2,3)4)47-33-40(19-11-13-30-62)46(23-12-14-31-63)52(53(47)57)48-34-44(28-29-50(48)71-57)69-54(64)58-36-38-16-7-6-8-17-38/h5-10,15-18,20-22,24-29,33-34,40,46,51-53,62-63H,1,11-14,19,23,30-32,35-37H2,2-4H3,(H,58,64). The highest BCUT2D eigenvalue weighted by atomic mass is 16.7. The Hall–Kier alpha value is -7.07. The molecule has 5 aromatic rings. The molecule has 378 valence electrons. The molecule has 1 heterocycles. The number of nitro benzene ring substituents is 1. The molecule has 1 saturated carbocycles. The number of aliphatic hydroxyl groups is 2. The molecular weight excluding hydrogens is 917 g/mol. The van der Waals surface area contributed by atoms with E-state index in [9.17, 15) is 25.1 Å². The molecule has 6 unspecified atom stereocenters. The zero-order valence-electron chi connectivity index (χ0n) is 41.1. The van der Waals surface area contributed by atoms with Gasteiger partial charge in [0.25, 0.3) is 5.69 Å². The van der Waals surface area contributed by atoms with Gasteiger partial charge in [-0.2, -0.15) is 0 Å². The molecule has 0 saturated heterocycles. The minimum Gasteiger partial charge on any atom is -0.459 e. The number of nitrogens with zero attached hydrogens (tertiary/aromatic N) is 3. The Morgan fingerprint density at radius 2 is 1.61 bits per heavy atom. The summed E-state index contributed by atoms with van der Waals surface area (Å²) in [4.78, 5) is 47.8. The number of allylic oxidation sites excluding steroid dienone is 1. The van der Waals surface area contributed by atoms with Gasteiger partial charge in [-0.15, -0.1) is 6.58 Å². The molecule has 8 rings (SSSR count). The second-order valence-electron chi connectivity index (χ2n) is 19.6. The number of hydrogen-bond donors (Lipinski definition) is 3. The summed E-state index contributed by atoms with van der Waals surface area (Å²) >= 11 is 0. The quantitative estimate of drug-likeness (QED) is 0.0291. The second-order valence-corrected chi connectivity index (χ2v) is 19.6. The van der Waals surface area contributed by atoms with E-state index in [-0.39, 0.29) is 62.6 Å². The lowest BCUT2D eigenvalue weighted by atomic mass is 9.55. The van der Waals surface area contributed by atoms with E-state index in [0.29, 0.717) is 42.9 Å². The summed E-state index contributed by atoms with van der Waals surface area (Å²) in [6, 6.07) is 33.0. The van der Waals surface area contributed by atoms with Crippen LogP contribution in [0.15, 0.2) is 145 Å². The van der Waals surface area contributed by atoms with E-state index in [1.807, 2.05) is 99.6 Å². The molecule has 2 aliphatic carbocycles. The summed E-state index contributed by atoms with van der Waals surface area (Å²) in [6.45, 7) is 10.1. The van der Waals surface area contributed by atoms with Crippen LogP contribution in [0.4, 0.5) is 15.3 Å². The molecule has 15 nitrogen and oxygen atoms in total. The number of amides is 2. The van der Waals surface area contributed by atoms with Gasteiger partial charge in [0.05, 0.1) is 29.7 Å². The Morgan fingerprint density at radius 1 is 0.903 bits per heavy atom. The fourth-order valence-electron chi connectivity index (χ4n) is 10.5. The van der Waals surface area contributed by atoms with Crippen molar-refractivity contribution in [2.24, 2.45) is 22.9 Å². The zero-order chi connectivity index (χ0) is 50.8. The molecule has 15 heteroatoms.